The van der Waals surface area contributed by atoms with E-state index in [2.05, 4.69) is 13.8 Å². The molecule has 0 saturated heterocycles. The summed E-state index contributed by atoms with van der Waals surface area (Å²) in [6, 6.07) is 5.86. The second-order valence-corrected chi connectivity index (χ2v) is 6.42. The smallest absolute Gasteiger partial charge is 0.232 e. The number of rotatable bonds is 9. The molecular formula is C17H28N2OS. The lowest BCUT2D eigenvalue weighted by Gasteiger charge is -2.22. The molecule has 0 atom stereocenters. The third-order valence-electron chi connectivity index (χ3n) is 3.47. The minimum Gasteiger partial charge on any atom is -0.399 e. The Morgan fingerprint density at radius 2 is 1.81 bits per heavy atom. The van der Waals surface area contributed by atoms with Gasteiger partial charge in [-0.15, -0.1) is 11.8 Å². The zero-order chi connectivity index (χ0) is 15.7. The number of hydrogen-bond acceptors (Lipinski definition) is 3. The van der Waals surface area contributed by atoms with Crippen molar-refractivity contribution in [2.45, 2.75) is 51.3 Å². The molecule has 0 aliphatic heterocycles. The number of nitrogen functional groups attached to an aromatic ring is 1. The van der Waals surface area contributed by atoms with Gasteiger partial charge in [-0.2, -0.15) is 0 Å². The normalized spacial score (nSPS) is 10.6. The summed E-state index contributed by atoms with van der Waals surface area (Å²) in [5.74, 6) is 0.760. The van der Waals surface area contributed by atoms with Gasteiger partial charge in [0.15, 0.2) is 0 Å². The predicted molar refractivity (Wildman–Crippen MR) is 92.7 cm³/mol. The molecule has 0 spiro atoms. The van der Waals surface area contributed by atoms with Crippen molar-refractivity contribution < 1.29 is 4.79 Å². The number of carbonyl (C=O) groups is 1. The molecule has 0 aliphatic carbocycles. The Kier molecular flexibility index (Phi) is 8.28. The van der Waals surface area contributed by atoms with E-state index >= 15 is 0 Å². The zero-order valence-electron chi connectivity index (χ0n) is 13.5. The number of thioether (sulfide) groups is 1. The maximum absolute atomic E-state index is 12.4. The van der Waals surface area contributed by atoms with Crippen molar-refractivity contribution in [1.82, 2.24) is 4.90 Å². The Bertz CT molecular complexity index is 440. The summed E-state index contributed by atoms with van der Waals surface area (Å²) in [6.45, 7) is 8.13. The van der Waals surface area contributed by atoms with Crippen LogP contribution in [-0.2, 0) is 4.79 Å². The molecule has 0 unspecified atom stereocenters. The predicted octanol–water partition coefficient (Wildman–Crippen LogP) is 4.10. The van der Waals surface area contributed by atoms with Crippen LogP contribution in [-0.4, -0.2) is 29.6 Å². The van der Waals surface area contributed by atoms with Crippen molar-refractivity contribution >= 4 is 23.4 Å². The first-order valence-corrected chi connectivity index (χ1v) is 8.83. The maximum atomic E-state index is 12.4. The van der Waals surface area contributed by atoms with Crippen molar-refractivity contribution in [2.24, 2.45) is 0 Å². The van der Waals surface area contributed by atoms with Crippen molar-refractivity contribution in [3.8, 4) is 0 Å². The van der Waals surface area contributed by atoms with Gasteiger partial charge in [-0.1, -0.05) is 26.7 Å². The van der Waals surface area contributed by atoms with Crippen LogP contribution in [0, 0.1) is 6.92 Å². The Morgan fingerprint density at radius 1 is 1.19 bits per heavy atom. The topological polar surface area (TPSA) is 46.3 Å². The molecule has 1 amide bonds. The lowest BCUT2D eigenvalue weighted by atomic mass is 10.2. The highest BCUT2D eigenvalue weighted by Gasteiger charge is 2.13. The Balaban J connectivity index is 2.55. The molecule has 118 valence electrons. The van der Waals surface area contributed by atoms with E-state index in [-0.39, 0.29) is 5.91 Å². The van der Waals surface area contributed by atoms with E-state index in [1.165, 1.54) is 0 Å². The number of anilines is 1. The molecule has 0 aromatic heterocycles. The molecule has 1 aromatic rings. The van der Waals surface area contributed by atoms with Gasteiger partial charge in [0.2, 0.25) is 5.91 Å². The summed E-state index contributed by atoms with van der Waals surface area (Å²) < 4.78 is 0. The number of carbonyl (C=O) groups excluding carboxylic acids is 1. The van der Waals surface area contributed by atoms with Gasteiger partial charge in [-0.3, -0.25) is 4.79 Å². The molecule has 21 heavy (non-hydrogen) atoms. The van der Waals surface area contributed by atoms with E-state index in [9.17, 15) is 4.79 Å². The van der Waals surface area contributed by atoms with Crippen LogP contribution in [0.4, 0.5) is 5.69 Å². The van der Waals surface area contributed by atoms with E-state index in [1.807, 2.05) is 30.0 Å². The van der Waals surface area contributed by atoms with Gasteiger partial charge < -0.3 is 10.6 Å². The highest BCUT2D eigenvalue weighted by Crippen LogP contribution is 2.24. The number of nitrogens with zero attached hydrogens (tertiary/aromatic N) is 1. The van der Waals surface area contributed by atoms with Gasteiger partial charge in [0.1, 0.15) is 0 Å². The molecule has 1 rings (SSSR count). The number of nitrogens with two attached hydrogens (primary N) is 1. The van der Waals surface area contributed by atoms with Gasteiger partial charge >= 0.3 is 0 Å². The SMILES string of the molecule is CCCCN(CCCC)C(=O)CSc1ccc(N)cc1C. The third kappa shape index (κ3) is 6.42. The number of aryl methyl sites for hydroxylation is 1. The van der Waals surface area contributed by atoms with Gasteiger partial charge in [0, 0.05) is 23.7 Å². The van der Waals surface area contributed by atoms with Crippen LogP contribution in [0.5, 0.6) is 0 Å². The van der Waals surface area contributed by atoms with Crippen molar-refractivity contribution in [3.63, 3.8) is 0 Å². The largest absolute Gasteiger partial charge is 0.399 e. The van der Waals surface area contributed by atoms with Gasteiger partial charge in [-0.25, -0.2) is 0 Å². The fourth-order valence-corrected chi connectivity index (χ4v) is 3.04. The monoisotopic (exact) mass is 308 g/mol. The quantitative estimate of drug-likeness (QED) is 0.552. The first-order valence-electron chi connectivity index (χ1n) is 7.85. The highest BCUT2D eigenvalue weighted by molar-refractivity contribution is 8.00. The Labute approximate surface area is 133 Å². The second-order valence-electron chi connectivity index (χ2n) is 5.40. The second kappa shape index (κ2) is 9.72. The molecule has 0 aliphatic rings. The molecule has 0 fully saturated rings. The number of amides is 1. The Hall–Kier alpha value is -1.16. The Morgan fingerprint density at radius 3 is 2.33 bits per heavy atom. The average Bonchev–Trinajstić information content (AvgIpc) is 2.46. The molecule has 0 heterocycles. The maximum Gasteiger partial charge on any atom is 0.232 e. The van der Waals surface area contributed by atoms with Crippen LogP contribution in [0.2, 0.25) is 0 Å². The fraction of sp³-hybridized carbons (Fsp3) is 0.588. The molecule has 0 bridgehead atoms. The van der Waals surface area contributed by atoms with Gasteiger partial charge in [0.25, 0.3) is 0 Å². The van der Waals surface area contributed by atoms with Crippen LogP contribution in [0.15, 0.2) is 23.1 Å². The van der Waals surface area contributed by atoms with Crippen LogP contribution in [0.3, 0.4) is 0 Å². The molecular weight excluding hydrogens is 280 g/mol. The van der Waals surface area contributed by atoms with Gasteiger partial charge in [-0.05, 0) is 43.5 Å². The summed E-state index contributed by atoms with van der Waals surface area (Å²) in [5.41, 5.74) is 7.67. The van der Waals surface area contributed by atoms with E-state index in [1.54, 1.807) is 11.8 Å². The van der Waals surface area contributed by atoms with Crippen molar-refractivity contribution in [1.29, 1.82) is 0 Å². The fourth-order valence-electron chi connectivity index (χ4n) is 2.12. The number of benzene rings is 1. The van der Waals surface area contributed by atoms with E-state index in [4.69, 9.17) is 5.73 Å². The zero-order valence-corrected chi connectivity index (χ0v) is 14.3. The number of hydrogen-bond donors (Lipinski definition) is 1. The van der Waals surface area contributed by atoms with Crippen LogP contribution in [0.1, 0.15) is 45.1 Å². The minimum absolute atomic E-state index is 0.248. The summed E-state index contributed by atoms with van der Waals surface area (Å²) in [6.07, 6.45) is 4.42. The van der Waals surface area contributed by atoms with E-state index in [0.29, 0.717) is 5.75 Å². The summed E-state index contributed by atoms with van der Waals surface area (Å²) in [4.78, 5) is 15.5. The van der Waals surface area contributed by atoms with E-state index in [0.717, 1.165) is 54.9 Å². The minimum atomic E-state index is 0.248. The molecule has 4 heteroatoms. The third-order valence-corrected chi connectivity index (χ3v) is 4.63. The lowest BCUT2D eigenvalue weighted by molar-refractivity contribution is -0.128. The summed E-state index contributed by atoms with van der Waals surface area (Å²) in [7, 11) is 0. The molecule has 2 N–H and O–H groups in total. The van der Waals surface area contributed by atoms with Crippen LogP contribution in [0.25, 0.3) is 0 Å². The van der Waals surface area contributed by atoms with Crippen molar-refractivity contribution in [3.05, 3.63) is 23.8 Å². The summed E-state index contributed by atoms with van der Waals surface area (Å²) >= 11 is 1.61. The first-order chi connectivity index (χ1) is 10.1. The molecule has 0 saturated carbocycles. The van der Waals surface area contributed by atoms with Gasteiger partial charge in [0.05, 0.1) is 5.75 Å². The van der Waals surface area contributed by atoms with Crippen LogP contribution >= 0.6 is 11.8 Å². The first kappa shape index (κ1) is 17.9. The van der Waals surface area contributed by atoms with Crippen molar-refractivity contribution in [2.75, 3.05) is 24.6 Å². The summed E-state index contributed by atoms with van der Waals surface area (Å²) in [5, 5.41) is 0. The standard InChI is InChI=1S/C17H28N2OS/c1-4-6-10-19(11-7-5-2)17(20)13-21-16-9-8-15(18)12-14(16)3/h8-9,12H,4-7,10-11,13,18H2,1-3H3. The molecule has 0 radical (unpaired) electrons. The average molecular weight is 308 g/mol. The highest BCUT2D eigenvalue weighted by atomic mass is 32.2. The molecule has 1 aromatic carbocycles. The lowest BCUT2D eigenvalue weighted by Crippen LogP contribution is -2.34. The number of unbranched alkanes of at least 4 members (excludes halogenated alkanes) is 2. The van der Waals surface area contributed by atoms with Crippen LogP contribution < -0.4 is 5.73 Å². The molecule has 3 nitrogen and oxygen atoms in total. The van der Waals surface area contributed by atoms with E-state index < -0.39 is 0 Å².